The summed E-state index contributed by atoms with van der Waals surface area (Å²) < 4.78 is 5.45. The van der Waals surface area contributed by atoms with Crippen LogP contribution in [0, 0.1) is 0 Å². The zero-order chi connectivity index (χ0) is 24.6. The Bertz CT molecular complexity index is 1200. The van der Waals surface area contributed by atoms with Gasteiger partial charge >= 0.3 is 6.09 Å². The van der Waals surface area contributed by atoms with E-state index in [1.165, 1.54) is 0 Å². The van der Waals surface area contributed by atoms with Gasteiger partial charge in [-0.05, 0) is 28.3 Å². The van der Waals surface area contributed by atoms with Crippen LogP contribution in [0.15, 0.2) is 78.0 Å². The SMILES string of the molecule is CCC1=NOC(CN(C(=O)CNCc2cccc3ccccc23)C(=O)OCc2ccccc2)C1S. The summed E-state index contributed by atoms with van der Waals surface area (Å²) in [5.41, 5.74) is 2.70. The summed E-state index contributed by atoms with van der Waals surface area (Å²) in [5.74, 6) is -0.405. The second-order valence-electron chi connectivity index (χ2n) is 8.31. The third-order valence-corrected chi connectivity index (χ3v) is 6.55. The highest BCUT2D eigenvalue weighted by atomic mass is 32.1. The normalized spacial score (nSPS) is 17.0. The van der Waals surface area contributed by atoms with Gasteiger partial charge in [-0.25, -0.2) is 9.69 Å². The molecule has 7 nitrogen and oxygen atoms in total. The summed E-state index contributed by atoms with van der Waals surface area (Å²) in [7, 11) is 0. The topological polar surface area (TPSA) is 80.2 Å². The largest absolute Gasteiger partial charge is 0.444 e. The molecule has 1 heterocycles. The fourth-order valence-corrected chi connectivity index (χ4v) is 4.35. The third-order valence-electron chi connectivity index (χ3n) is 5.92. The van der Waals surface area contributed by atoms with Crippen molar-refractivity contribution < 1.29 is 19.2 Å². The quantitative estimate of drug-likeness (QED) is 0.429. The Morgan fingerprint density at radius 2 is 1.80 bits per heavy atom. The van der Waals surface area contributed by atoms with Crippen LogP contribution in [0.3, 0.4) is 0 Å². The van der Waals surface area contributed by atoms with E-state index < -0.39 is 18.1 Å². The van der Waals surface area contributed by atoms with Crippen LogP contribution in [0.25, 0.3) is 10.8 Å². The number of nitrogens with zero attached hydrogens (tertiary/aromatic N) is 2. The summed E-state index contributed by atoms with van der Waals surface area (Å²) in [6.07, 6.45) is -0.566. The Morgan fingerprint density at radius 3 is 2.57 bits per heavy atom. The van der Waals surface area contributed by atoms with E-state index in [0.29, 0.717) is 13.0 Å². The molecule has 3 aromatic rings. The summed E-state index contributed by atoms with van der Waals surface area (Å²) in [4.78, 5) is 32.6. The fraction of sp³-hybridized carbons (Fsp3) is 0.296. The molecule has 0 bridgehead atoms. The molecule has 35 heavy (non-hydrogen) atoms. The van der Waals surface area contributed by atoms with Crippen molar-refractivity contribution in [2.24, 2.45) is 5.16 Å². The minimum Gasteiger partial charge on any atom is -0.444 e. The van der Waals surface area contributed by atoms with Crippen LogP contribution in [-0.4, -0.2) is 47.1 Å². The number of carbonyl (C=O) groups is 2. The van der Waals surface area contributed by atoms with Crippen LogP contribution in [0.2, 0.25) is 0 Å². The van der Waals surface area contributed by atoms with E-state index in [-0.39, 0.29) is 24.9 Å². The smallest absolute Gasteiger partial charge is 0.417 e. The Labute approximate surface area is 210 Å². The number of hydrogen-bond acceptors (Lipinski definition) is 7. The van der Waals surface area contributed by atoms with Crippen molar-refractivity contribution in [1.29, 1.82) is 0 Å². The van der Waals surface area contributed by atoms with Gasteiger partial charge in [-0.1, -0.05) is 84.9 Å². The molecule has 2 unspecified atom stereocenters. The van der Waals surface area contributed by atoms with E-state index in [1.807, 2.05) is 61.5 Å². The maximum absolute atomic E-state index is 13.1. The predicted molar refractivity (Wildman–Crippen MR) is 139 cm³/mol. The summed E-state index contributed by atoms with van der Waals surface area (Å²) in [5, 5.41) is 9.18. The number of thiol groups is 1. The average molecular weight is 492 g/mol. The van der Waals surface area contributed by atoms with Crippen LogP contribution in [0.1, 0.15) is 24.5 Å². The number of nitrogens with one attached hydrogen (secondary N) is 1. The zero-order valence-electron chi connectivity index (χ0n) is 19.6. The van der Waals surface area contributed by atoms with E-state index in [2.05, 4.69) is 41.3 Å². The van der Waals surface area contributed by atoms with Gasteiger partial charge < -0.3 is 14.9 Å². The van der Waals surface area contributed by atoms with Gasteiger partial charge in [0.15, 0.2) is 6.10 Å². The van der Waals surface area contributed by atoms with E-state index in [1.54, 1.807) is 0 Å². The molecular formula is C27H29N3O4S. The van der Waals surface area contributed by atoms with E-state index >= 15 is 0 Å². The van der Waals surface area contributed by atoms with Crippen LogP contribution in [0.4, 0.5) is 4.79 Å². The first kappa shape index (κ1) is 24.8. The number of benzene rings is 3. The monoisotopic (exact) mass is 491 g/mol. The van der Waals surface area contributed by atoms with Gasteiger partial charge in [0.05, 0.1) is 24.1 Å². The van der Waals surface area contributed by atoms with Crippen molar-refractivity contribution in [2.45, 2.75) is 37.9 Å². The van der Waals surface area contributed by atoms with Gasteiger partial charge in [-0.2, -0.15) is 12.6 Å². The predicted octanol–water partition coefficient (Wildman–Crippen LogP) is 4.56. The molecule has 2 amide bonds. The molecule has 3 aromatic carbocycles. The van der Waals surface area contributed by atoms with Crippen molar-refractivity contribution in [1.82, 2.24) is 10.2 Å². The lowest BCUT2D eigenvalue weighted by molar-refractivity contribution is -0.130. The van der Waals surface area contributed by atoms with E-state index in [0.717, 1.165) is 32.5 Å². The molecule has 4 rings (SSSR count). The lowest BCUT2D eigenvalue weighted by Gasteiger charge is -2.24. The molecule has 1 N–H and O–H groups in total. The van der Waals surface area contributed by atoms with Gasteiger partial charge in [0.25, 0.3) is 0 Å². The number of carbonyl (C=O) groups excluding carboxylic acids is 2. The van der Waals surface area contributed by atoms with Gasteiger partial charge in [0.2, 0.25) is 5.91 Å². The Kier molecular flexibility index (Phi) is 8.39. The molecule has 0 aromatic heterocycles. The lowest BCUT2D eigenvalue weighted by Crippen LogP contribution is -2.47. The summed E-state index contributed by atoms with van der Waals surface area (Å²) >= 11 is 4.57. The first-order chi connectivity index (χ1) is 17.1. The highest BCUT2D eigenvalue weighted by Crippen LogP contribution is 2.21. The molecule has 0 fully saturated rings. The van der Waals surface area contributed by atoms with Crippen LogP contribution in [0.5, 0.6) is 0 Å². The first-order valence-electron chi connectivity index (χ1n) is 11.7. The highest BCUT2D eigenvalue weighted by Gasteiger charge is 2.35. The molecule has 1 aliphatic rings. The Balaban J connectivity index is 1.41. The molecule has 0 saturated heterocycles. The van der Waals surface area contributed by atoms with Crippen molar-refractivity contribution in [3.05, 3.63) is 83.9 Å². The number of fused-ring (bicyclic) bond motifs is 1. The standard InChI is InChI=1S/C27H29N3O4S/c1-2-23-26(35)24(34-29-23)17-30(27(32)33-18-19-9-4-3-5-10-19)25(31)16-28-15-21-13-8-12-20-11-6-7-14-22(20)21/h3-14,24,26,28,35H,2,15-18H2,1H3. The number of ether oxygens (including phenoxy) is 1. The molecule has 0 radical (unpaired) electrons. The van der Waals surface area contributed by atoms with Gasteiger partial charge in [0, 0.05) is 6.54 Å². The van der Waals surface area contributed by atoms with Crippen molar-refractivity contribution in [3.8, 4) is 0 Å². The maximum atomic E-state index is 13.1. The molecule has 0 aliphatic carbocycles. The van der Waals surface area contributed by atoms with Crippen LogP contribution in [-0.2, 0) is 27.5 Å². The van der Waals surface area contributed by atoms with E-state index in [4.69, 9.17) is 9.57 Å². The van der Waals surface area contributed by atoms with E-state index in [9.17, 15) is 9.59 Å². The van der Waals surface area contributed by atoms with Gasteiger partial charge in [0.1, 0.15) is 6.61 Å². The summed E-state index contributed by atoms with van der Waals surface area (Å²) in [6, 6.07) is 23.5. The molecule has 1 aliphatic heterocycles. The number of oxime groups is 1. The molecule has 8 heteroatoms. The molecular weight excluding hydrogens is 462 g/mol. The summed E-state index contributed by atoms with van der Waals surface area (Å²) in [6.45, 7) is 2.48. The first-order valence-corrected chi connectivity index (χ1v) is 12.2. The number of hydrogen-bond donors (Lipinski definition) is 2. The number of imide groups is 1. The Hall–Kier alpha value is -3.36. The number of rotatable bonds is 9. The van der Waals surface area contributed by atoms with Gasteiger partial charge in [-0.15, -0.1) is 0 Å². The second kappa shape index (κ2) is 11.9. The molecule has 0 spiro atoms. The maximum Gasteiger partial charge on any atom is 0.417 e. The lowest BCUT2D eigenvalue weighted by atomic mass is 10.0. The van der Waals surface area contributed by atoms with Crippen molar-refractivity contribution >= 4 is 41.1 Å². The van der Waals surface area contributed by atoms with Crippen LogP contribution >= 0.6 is 12.6 Å². The number of amides is 2. The minimum atomic E-state index is -0.722. The third kappa shape index (κ3) is 6.21. The minimum absolute atomic E-state index is 0.00354. The van der Waals surface area contributed by atoms with Crippen molar-refractivity contribution in [3.63, 3.8) is 0 Å². The van der Waals surface area contributed by atoms with Crippen LogP contribution < -0.4 is 5.32 Å². The zero-order valence-corrected chi connectivity index (χ0v) is 20.5. The molecule has 0 saturated carbocycles. The second-order valence-corrected chi connectivity index (χ2v) is 8.87. The highest BCUT2D eigenvalue weighted by molar-refractivity contribution is 7.82. The average Bonchev–Trinajstić information content (AvgIpc) is 3.25. The van der Waals surface area contributed by atoms with Crippen molar-refractivity contribution in [2.75, 3.05) is 13.1 Å². The Morgan fingerprint density at radius 1 is 1.06 bits per heavy atom. The molecule has 182 valence electrons. The molecule has 2 atom stereocenters. The van der Waals surface area contributed by atoms with Gasteiger partial charge in [-0.3, -0.25) is 4.79 Å². The fourth-order valence-electron chi connectivity index (χ4n) is 3.97.